The lowest BCUT2D eigenvalue weighted by Crippen LogP contribution is -2.66. The molecule has 1 heterocycles. The maximum atomic E-state index is 11.9. The van der Waals surface area contributed by atoms with Crippen molar-refractivity contribution in [3.63, 3.8) is 0 Å². The second kappa shape index (κ2) is 12.8. The number of imidazole rings is 1. The van der Waals surface area contributed by atoms with E-state index in [2.05, 4.69) is 114 Å². The average molecular weight is 642 g/mol. The Labute approximate surface area is 257 Å². The lowest BCUT2D eigenvalue weighted by atomic mass is 10.1. The van der Waals surface area contributed by atoms with Gasteiger partial charge in [-0.2, -0.15) is 0 Å². The summed E-state index contributed by atoms with van der Waals surface area (Å²) in [4.78, 5) is 16.9. The van der Waals surface area contributed by atoms with Crippen molar-refractivity contribution < 1.29 is 14.0 Å². The quantitative estimate of drug-likeness (QED) is 0.0925. The zero-order chi connectivity index (χ0) is 29.7. The largest absolute Gasteiger partial charge is 0.465 e. The number of carbonyl (C=O) groups is 1. The third-order valence-electron chi connectivity index (χ3n) is 7.81. The Balaban J connectivity index is 1.42. The molecule has 216 valence electrons. The van der Waals surface area contributed by atoms with Crippen LogP contribution in [0.5, 0.6) is 0 Å². The minimum atomic E-state index is -2.60. The maximum absolute atomic E-state index is 11.9. The van der Waals surface area contributed by atoms with Crippen LogP contribution in [0.4, 0.5) is 0 Å². The second-order valence-corrected chi connectivity index (χ2v) is 16.7. The van der Waals surface area contributed by atoms with Crippen molar-refractivity contribution in [2.45, 2.75) is 45.2 Å². The Morgan fingerprint density at radius 2 is 1.48 bits per heavy atom. The summed E-state index contributed by atoms with van der Waals surface area (Å²) in [6.07, 6.45) is 1.49. The maximum Gasteiger partial charge on any atom is 0.337 e. The number of halogens is 1. The number of methoxy groups -OCH3 is 1. The van der Waals surface area contributed by atoms with Crippen molar-refractivity contribution in [1.82, 2.24) is 9.55 Å². The highest BCUT2D eigenvalue weighted by atomic mass is 79.9. The first kappa shape index (κ1) is 30.0. The van der Waals surface area contributed by atoms with Gasteiger partial charge in [0.25, 0.3) is 8.32 Å². The summed E-state index contributed by atoms with van der Waals surface area (Å²) in [5.74, 6) is 0.645. The molecule has 0 fully saturated rings. The van der Waals surface area contributed by atoms with Gasteiger partial charge in [0.2, 0.25) is 0 Å². The molecule has 0 aliphatic heterocycles. The fraction of sp³-hybridized carbons (Fsp3) is 0.257. The van der Waals surface area contributed by atoms with Crippen LogP contribution >= 0.6 is 15.9 Å². The summed E-state index contributed by atoms with van der Waals surface area (Å²) in [7, 11) is -1.20. The Kier molecular flexibility index (Phi) is 9.11. The topological polar surface area (TPSA) is 53.3 Å². The van der Waals surface area contributed by atoms with E-state index in [-0.39, 0.29) is 11.0 Å². The number of para-hydroxylation sites is 1. The van der Waals surface area contributed by atoms with Gasteiger partial charge in [0.1, 0.15) is 11.3 Å². The standard InChI is InChI=1S/C35H37BrN2O3Si/c1-35(2,3)42(28-13-7-5-8-14-28,29-15-9-6-10-16-29)41-24-12-23-38-31-18-11-17-30(36)33(31)37-32(38)25-26-19-21-27(22-20-26)34(39)40-4/h5-11,13-22H,12,23-25H2,1-4H3. The molecule has 0 aliphatic rings. The van der Waals surface area contributed by atoms with Gasteiger partial charge in [-0.25, -0.2) is 9.78 Å². The van der Waals surface area contributed by atoms with E-state index in [4.69, 9.17) is 14.1 Å². The molecule has 0 saturated carbocycles. The number of hydrogen-bond donors (Lipinski definition) is 0. The Morgan fingerprint density at radius 1 is 0.857 bits per heavy atom. The van der Waals surface area contributed by atoms with Crippen LogP contribution in [-0.2, 0) is 22.1 Å². The lowest BCUT2D eigenvalue weighted by Gasteiger charge is -2.43. The Morgan fingerprint density at radius 3 is 2.05 bits per heavy atom. The van der Waals surface area contributed by atoms with Gasteiger partial charge in [0.15, 0.2) is 0 Å². The third-order valence-corrected chi connectivity index (χ3v) is 13.5. The molecule has 0 atom stereocenters. The van der Waals surface area contributed by atoms with Gasteiger partial charge in [-0.3, -0.25) is 0 Å². The van der Waals surface area contributed by atoms with E-state index < -0.39 is 8.32 Å². The lowest BCUT2D eigenvalue weighted by molar-refractivity contribution is 0.0600. The number of carbonyl (C=O) groups excluding carboxylic acids is 1. The van der Waals surface area contributed by atoms with E-state index >= 15 is 0 Å². The summed E-state index contributed by atoms with van der Waals surface area (Å²) < 4.78 is 15.3. The summed E-state index contributed by atoms with van der Waals surface area (Å²) in [5.41, 5.74) is 3.67. The molecule has 0 radical (unpaired) electrons. The van der Waals surface area contributed by atoms with Crippen LogP contribution in [0, 0.1) is 0 Å². The molecule has 5 rings (SSSR count). The fourth-order valence-corrected chi connectivity index (χ4v) is 10.9. The van der Waals surface area contributed by atoms with Gasteiger partial charge < -0.3 is 13.7 Å². The van der Waals surface area contributed by atoms with Gasteiger partial charge in [-0.05, 0) is 67.6 Å². The number of benzene rings is 4. The van der Waals surface area contributed by atoms with E-state index in [0.29, 0.717) is 18.6 Å². The molecule has 4 aromatic carbocycles. The number of ether oxygens (including phenoxy) is 1. The number of nitrogens with zero attached hydrogens (tertiary/aromatic N) is 2. The van der Waals surface area contributed by atoms with Gasteiger partial charge in [-0.1, -0.05) is 99.6 Å². The molecule has 0 N–H and O–H groups in total. The van der Waals surface area contributed by atoms with E-state index in [1.165, 1.54) is 17.5 Å². The first-order valence-electron chi connectivity index (χ1n) is 14.3. The number of hydrogen-bond acceptors (Lipinski definition) is 4. The SMILES string of the molecule is COC(=O)c1ccc(Cc2nc3c(Br)cccc3n2CCCO[Si](c2ccccc2)(c2ccccc2)C(C)(C)C)cc1. The van der Waals surface area contributed by atoms with Crippen LogP contribution in [-0.4, -0.2) is 37.6 Å². The number of fused-ring (bicyclic) bond motifs is 1. The van der Waals surface area contributed by atoms with Crippen molar-refractivity contribution in [3.05, 3.63) is 125 Å². The van der Waals surface area contributed by atoms with E-state index in [1.807, 2.05) is 30.3 Å². The number of rotatable bonds is 10. The minimum Gasteiger partial charge on any atom is -0.465 e. The molecular formula is C35H37BrN2O3Si. The minimum absolute atomic E-state index is 0.0657. The van der Waals surface area contributed by atoms with Crippen LogP contribution in [0.1, 0.15) is 48.9 Å². The third kappa shape index (κ3) is 6.00. The highest BCUT2D eigenvalue weighted by Crippen LogP contribution is 2.37. The predicted molar refractivity (Wildman–Crippen MR) is 176 cm³/mol. The Bertz CT molecular complexity index is 1610. The van der Waals surface area contributed by atoms with Crippen molar-refractivity contribution in [2.24, 2.45) is 0 Å². The van der Waals surface area contributed by atoms with Gasteiger partial charge in [-0.15, -0.1) is 0 Å². The van der Waals surface area contributed by atoms with Crippen LogP contribution in [0.3, 0.4) is 0 Å². The molecule has 0 amide bonds. The first-order chi connectivity index (χ1) is 20.2. The second-order valence-electron chi connectivity index (χ2n) is 11.5. The molecule has 0 bridgehead atoms. The summed E-state index contributed by atoms with van der Waals surface area (Å²) >= 11 is 3.70. The normalized spacial score (nSPS) is 12.0. The van der Waals surface area contributed by atoms with Crippen LogP contribution < -0.4 is 10.4 Å². The highest BCUT2D eigenvalue weighted by Gasteiger charge is 2.49. The fourth-order valence-electron chi connectivity index (χ4n) is 5.81. The van der Waals surface area contributed by atoms with Crippen LogP contribution in [0.2, 0.25) is 5.04 Å². The molecule has 1 aromatic heterocycles. The van der Waals surface area contributed by atoms with Gasteiger partial charge in [0, 0.05) is 24.0 Å². The highest BCUT2D eigenvalue weighted by molar-refractivity contribution is 9.10. The summed E-state index contributed by atoms with van der Waals surface area (Å²) in [6, 6.07) is 35.3. The molecule has 0 spiro atoms. The average Bonchev–Trinajstić information content (AvgIpc) is 3.35. The van der Waals surface area contributed by atoms with Crippen molar-refractivity contribution in [2.75, 3.05) is 13.7 Å². The van der Waals surface area contributed by atoms with E-state index in [1.54, 1.807) is 0 Å². The van der Waals surface area contributed by atoms with Crippen LogP contribution in [0.15, 0.2) is 108 Å². The Hall–Kier alpha value is -3.52. The molecule has 0 aliphatic carbocycles. The molecule has 0 unspecified atom stereocenters. The summed E-state index contributed by atoms with van der Waals surface area (Å²) in [5, 5.41) is 2.51. The molecule has 7 heteroatoms. The van der Waals surface area contributed by atoms with E-state index in [9.17, 15) is 4.79 Å². The monoisotopic (exact) mass is 640 g/mol. The zero-order valence-electron chi connectivity index (χ0n) is 24.6. The van der Waals surface area contributed by atoms with Crippen molar-refractivity contribution in [3.8, 4) is 0 Å². The van der Waals surface area contributed by atoms with Gasteiger partial charge >= 0.3 is 5.97 Å². The summed E-state index contributed by atoms with van der Waals surface area (Å²) in [6.45, 7) is 8.34. The molecule has 5 aromatic rings. The molecule has 42 heavy (non-hydrogen) atoms. The van der Waals surface area contributed by atoms with Crippen LogP contribution in [0.25, 0.3) is 11.0 Å². The number of aromatic nitrogens is 2. The molecule has 5 nitrogen and oxygen atoms in total. The van der Waals surface area contributed by atoms with E-state index in [0.717, 1.165) is 39.9 Å². The predicted octanol–water partition coefficient (Wildman–Crippen LogP) is 7.14. The van der Waals surface area contributed by atoms with Gasteiger partial charge in [0.05, 0.1) is 18.2 Å². The number of esters is 1. The molecule has 0 saturated heterocycles. The van der Waals surface area contributed by atoms with Crippen molar-refractivity contribution >= 4 is 51.6 Å². The smallest absolute Gasteiger partial charge is 0.337 e. The van der Waals surface area contributed by atoms with Crippen molar-refractivity contribution in [1.29, 1.82) is 0 Å². The zero-order valence-corrected chi connectivity index (χ0v) is 27.2. The first-order valence-corrected chi connectivity index (χ1v) is 17.0. The molecular weight excluding hydrogens is 604 g/mol. The number of aryl methyl sites for hydroxylation is 1.